The van der Waals surface area contributed by atoms with Gasteiger partial charge in [-0.15, -0.1) is 0 Å². The standard InChI is InChI=1S/C10H7F6NO2/c1-19-6(18)3-4-2-5(11)7(9(12)13)17-8(4)10(14,15)16/h2,9H,3H2,1H3. The zero-order valence-electron chi connectivity index (χ0n) is 9.39. The van der Waals surface area contributed by atoms with Gasteiger partial charge < -0.3 is 4.74 Å². The van der Waals surface area contributed by atoms with Crippen LogP contribution < -0.4 is 0 Å². The van der Waals surface area contributed by atoms with Crippen molar-refractivity contribution < 1.29 is 35.9 Å². The Labute approximate surface area is 103 Å². The summed E-state index contributed by atoms with van der Waals surface area (Å²) in [4.78, 5) is 13.5. The molecule has 0 unspecified atom stereocenters. The van der Waals surface area contributed by atoms with E-state index in [9.17, 15) is 31.1 Å². The smallest absolute Gasteiger partial charge is 0.433 e. The van der Waals surface area contributed by atoms with Crippen LogP contribution in [0.2, 0.25) is 0 Å². The molecule has 0 N–H and O–H groups in total. The Bertz CT molecular complexity index is 486. The molecule has 3 nitrogen and oxygen atoms in total. The van der Waals surface area contributed by atoms with E-state index in [1.807, 2.05) is 0 Å². The van der Waals surface area contributed by atoms with Gasteiger partial charge in [0.05, 0.1) is 13.5 Å². The van der Waals surface area contributed by atoms with Gasteiger partial charge >= 0.3 is 12.1 Å². The van der Waals surface area contributed by atoms with E-state index < -0.39 is 47.8 Å². The normalized spacial score (nSPS) is 11.8. The summed E-state index contributed by atoms with van der Waals surface area (Å²) < 4.78 is 79.7. The van der Waals surface area contributed by atoms with Gasteiger partial charge in [0.15, 0.2) is 5.82 Å². The van der Waals surface area contributed by atoms with Crippen LogP contribution in [0.4, 0.5) is 26.3 Å². The maximum absolute atomic E-state index is 13.2. The Balaban J connectivity index is 3.37. The van der Waals surface area contributed by atoms with Crippen LogP contribution in [0, 0.1) is 5.82 Å². The van der Waals surface area contributed by atoms with Crippen LogP contribution in [0.5, 0.6) is 0 Å². The average Bonchev–Trinajstić information content (AvgIpc) is 2.26. The molecule has 9 heteroatoms. The van der Waals surface area contributed by atoms with Crippen molar-refractivity contribution in [3.8, 4) is 0 Å². The van der Waals surface area contributed by atoms with Crippen molar-refractivity contribution in [3.05, 3.63) is 28.8 Å². The quantitative estimate of drug-likeness (QED) is 0.634. The molecular weight excluding hydrogens is 280 g/mol. The number of carbonyl (C=O) groups is 1. The van der Waals surface area contributed by atoms with Crippen LogP contribution in [-0.2, 0) is 22.1 Å². The molecule has 1 rings (SSSR count). The van der Waals surface area contributed by atoms with Crippen molar-refractivity contribution in [2.75, 3.05) is 7.11 Å². The first-order valence-corrected chi connectivity index (χ1v) is 4.78. The summed E-state index contributed by atoms with van der Waals surface area (Å²) in [7, 11) is 0.924. The molecule has 106 valence electrons. The molecule has 1 heterocycles. The lowest BCUT2D eigenvalue weighted by Crippen LogP contribution is -2.18. The molecule has 19 heavy (non-hydrogen) atoms. The second kappa shape index (κ2) is 5.45. The number of hydrogen-bond acceptors (Lipinski definition) is 3. The predicted molar refractivity (Wildman–Crippen MR) is 49.9 cm³/mol. The Morgan fingerprint density at radius 2 is 2.00 bits per heavy atom. The molecule has 0 saturated carbocycles. The first-order chi connectivity index (χ1) is 8.66. The maximum atomic E-state index is 13.2. The highest BCUT2D eigenvalue weighted by Crippen LogP contribution is 2.33. The van der Waals surface area contributed by atoms with E-state index in [1.165, 1.54) is 0 Å². The van der Waals surface area contributed by atoms with Crippen LogP contribution in [0.3, 0.4) is 0 Å². The molecule has 0 aliphatic rings. The number of hydrogen-bond donors (Lipinski definition) is 0. The van der Waals surface area contributed by atoms with Gasteiger partial charge in [-0.3, -0.25) is 4.79 Å². The molecule has 0 aliphatic carbocycles. The van der Waals surface area contributed by atoms with E-state index in [0.29, 0.717) is 0 Å². The molecule has 0 aliphatic heterocycles. The second-order valence-corrected chi connectivity index (χ2v) is 3.41. The van der Waals surface area contributed by atoms with E-state index in [0.717, 1.165) is 7.11 Å². The van der Waals surface area contributed by atoms with Gasteiger partial charge in [-0.2, -0.15) is 13.2 Å². The Morgan fingerprint density at radius 1 is 1.42 bits per heavy atom. The summed E-state index contributed by atoms with van der Waals surface area (Å²) in [6.45, 7) is 0. The minimum absolute atomic E-state index is 0.217. The molecule has 0 bridgehead atoms. The number of ether oxygens (including phenoxy) is 1. The van der Waals surface area contributed by atoms with Gasteiger partial charge in [0.2, 0.25) is 0 Å². The molecule has 0 aromatic carbocycles. The molecule has 0 radical (unpaired) electrons. The monoisotopic (exact) mass is 287 g/mol. The minimum Gasteiger partial charge on any atom is -0.469 e. The van der Waals surface area contributed by atoms with Gasteiger partial charge in [-0.25, -0.2) is 18.2 Å². The van der Waals surface area contributed by atoms with Gasteiger partial charge in [-0.1, -0.05) is 0 Å². The highest BCUT2D eigenvalue weighted by Gasteiger charge is 2.38. The maximum Gasteiger partial charge on any atom is 0.433 e. The molecule has 0 amide bonds. The minimum atomic E-state index is -5.08. The second-order valence-electron chi connectivity index (χ2n) is 3.41. The van der Waals surface area contributed by atoms with Crippen molar-refractivity contribution in [2.24, 2.45) is 0 Å². The Kier molecular flexibility index (Phi) is 4.38. The third-order valence-corrected chi connectivity index (χ3v) is 2.12. The molecule has 1 aromatic heterocycles. The predicted octanol–water partition coefficient (Wildman–Crippen LogP) is 2.89. The number of esters is 1. The lowest BCUT2D eigenvalue weighted by atomic mass is 10.1. The van der Waals surface area contributed by atoms with E-state index in [1.54, 1.807) is 0 Å². The Morgan fingerprint density at radius 3 is 2.42 bits per heavy atom. The van der Waals surface area contributed by atoms with Crippen LogP contribution in [-0.4, -0.2) is 18.1 Å². The molecule has 1 aromatic rings. The number of methoxy groups -OCH3 is 1. The number of pyridine rings is 1. The number of halogens is 6. The van der Waals surface area contributed by atoms with Crippen molar-refractivity contribution in [1.29, 1.82) is 0 Å². The van der Waals surface area contributed by atoms with E-state index >= 15 is 0 Å². The van der Waals surface area contributed by atoms with Crippen LogP contribution in [0.25, 0.3) is 0 Å². The number of aromatic nitrogens is 1. The molecule has 0 saturated heterocycles. The summed E-state index contributed by atoms with van der Waals surface area (Å²) in [5, 5.41) is 0. The summed E-state index contributed by atoms with van der Waals surface area (Å²) in [6, 6.07) is 0.217. The third kappa shape index (κ3) is 3.58. The van der Waals surface area contributed by atoms with Crippen molar-refractivity contribution in [1.82, 2.24) is 4.98 Å². The van der Waals surface area contributed by atoms with E-state index in [4.69, 9.17) is 0 Å². The summed E-state index contributed by atoms with van der Waals surface area (Å²) in [5.74, 6) is -2.68. The van der Waals surface area contributed by atoms with Crippen LogP contribution >= 0.6 is 0 Å². The molecular formula is C10H7F6NO2. The first-order valence-electron chi connectivity index (χ1n) is 4.78. The van der Waals surface area contributed by atoms with Gasteiger partial charge in [0.25, 0.3) is 6.43 Å². The van der Waals surface area contributed by atoms with Crippen molar-refractivity contribution in [2.45, 2.75) is 19.0 Å². The topological polar surface area (TPSA) is 39.2 Å². The van der Waals surface area contributed by atoms with Crippen molar-refractivity contribution in [3.63, 3.8) is 0 Å². The number of nitrogens with zero attached hydrogens (tertiary/aromatic N) is 1. The summed E-state index contributed by atoms with van der Waals surface area (Å²) in [5.41, 5.74) is -4.20. The van der Waals surface area contributed by atoms with Crippen molar-refractivity contribution >= 4 is 5.97 Å². The Hall–Kier alpha value is -1.80. The van der Waals surface area contributed by atoms with Gasteiger partial charge in [0.1, 0.15) is 11.4 Å². The average molecular weight is 287 g/mol. The van der Waals surface area contributed by atoms with Crippen LogP contribution in [0.1, 0.15) is 23.4 Å². The zero-order valence-corrected chi connectivity index (χ0v) is 9.39. The first kappa shape index (κ1) is 15.3. The van der Waals surface area contributed by atoms with Gasteiger partial charge in [0, 0.05) is 0 Å². The fourth-order valence-electron chi connectivity index (χ4n) is 1.30. The largest absolute Gasteiger partial charge is 0.469 e. The number of rotatable bonds is 3. The summed E-state index contributed by atoms with van der Waals surface area (Å²) >= 11 is 0. The zero-order chi connectivity index (χ0) is 14.8. The number of alkyl halides is 5. The highest BCUT2D eigenvalue weighted by atomic mass is 19.4. The fourth-order valence-corrected chi connectivity index (χ4v) is 1.30. The molecule has 0 spiro atoms. The SMILES string of the molecule is COC(=O)Cc1cc(F)c(C(F)F)nc1C(F)(F)F. The summed E-state index contributed by atoms with van der Waals surface area (Å²) in [6.07, 6.45) is -9.49. The van der Waals surface area contributed by atoms with E-state index in [2.05, 4.69) is 9.72 Å². The number of carbonyl (C=O) groups excluding carboxylic acids is 1. The lowest BCUT2D eigenvalue weighted by molar-refractivity contribution is -0.143. The lowest BCUT2D eigenvalue weighted by Gasteiger charge is -2.13. The van der Waals surface area contributed by atoms with E-state index in [-0.39, 0.29) is 6.07 Å². The molecule has 0 atom stereocenters. The van der Waals surface area contributed by atoms with Gasteiger partial charge in [-0.05, 0) is 11.6 Å². The highest BCUT2D eigenvalue weighted by molar-refractivity contribution is 5.72. The fraction of sp³-hybridized carbons (Fsp3) is 0.400. The third-order valence-electron chi connectivity index (χ3n) is 2.12. The van der Waals surface area contributed by atoms with Crippen LogP contribution in [0.15, 0.2) is 6.07 Å². The molecule has 0 fully saturated rings.